The minimum Gasteiger partial charge on any atom is -0.383 e. The zero-order valence-corrected chi connectivity index (χ0v) is 4.61. The second-order valence-electron chi connectivity index (χ2n) is 2.30. The normalized spacial score (nSPS) is 24.9. The highest BCUT2D eigenvalue weighted by Crippen LogP contribution is 2.31. The molecule has 7 heavy (non-hydrogen) atoms. The predicted octanol–water partition coefficient (Wildman–Crippen LogP) is 0.124. The molecular weight excluding hydrogens is 90.1 g/mol. The molecule has 0 aromatic rings. The SMILES string of the molecule is COCC1(N)CC1. The van der Waals surface area contributed by atoms with Gasteiger partial charge in [0.2, 0.25) is 0 Å². The summed E-state index contributed by atoms with van der Waals surface area (Å²) in [5, 5.41) is 0. The summed E-state index contributed by atoms with van der Waals surface area (Å²) >= 11 is 0. The molecule has 0 aromatic carbocycles. The Morgan fingerprint density at radius 3 is 2.43 bits per heavy atom. The van der Waals surface area contributed by atoms with E-state index in [1.165, 1.54) is 0 Å². The lowest BCUT2D eigenvalue weighted by Crippen LogP contribution is -2.27. The molecule has 1 fully saturated rings. The van der Waals surface area contributed by atoms with Crippen LogP contribution in [-0.2, 0) is 4.74 Å². The van der Waals surface area contributed by atoms with Crippen molar-refractivity contribution in [1.29, 1.82) is 0 Å². The van der Waals surface area contributed by atoms with Crippen LogP contribution in [0.3, 0.4) is 0 Å². The van der Waals surface area contributed by atoms with Gasteiger partial charge in [-0.3, -0.25) is 0 Å². The molecule has 0 saturated heterocycles. The van der Waals surface area contributed by atoms with Gasteiger partial charge in [-0.05, 0) is 12.8 Å². The van der Waals surface area contributed by atoms with Gasteiger partial charge in [0, 0.05) is 12.6 Å². The van der Waals surface area contributed by atoms with Crippen LogP contribution < -0.4 is 5.73 Å². The van der Waals surface area contributed by atoms with E-state index in [2.05, 4.69) is 0 Å². The summed E-state index contributed by atoms with van der Waals surface area (Å²) in [5.41, 5.74) is 5.71. The highest BCUT2D eigenvalue weighted by Gasteiger charge is 2.37. The smallest absolute Gasteiger partial charge is 0.0642 e. The molecule has 2 heteroatoms. The van der Waals surface area contributed by atoms with Crippen LogP contribution in [0.15, 0.2) is 0 Å². The van der Waals surface area contributed by atoms with Crippen LogP contribution in [0, 0.1) is 0 Å². The lowest BCUT2D eigenvalue weighted by atomic mass is 10.3. The van der Waals surface area contributed by atoms with Gasteiger partial charge in [-0.1, -0.05) is 0 Å². The van der Waals surface area contributed by atoms with Gasteiger partial charge in [0.1, 0.15) is 0 Å². The summed E-state index contributed by atoms with van der Waals surface area (Å²) in [7, 11) is 1.69. The molecule has 1 saturated carbocycles. The Balaban J connectivity index is 2.13. The molecule has 0 spiro atoms. The van der Waals surface area contributed by atoms with Gasteiger partial charge >= 0.3 is 0 Å². The fourth-order valence-corrected chi connectivity index (χ4v) is 0.592. The molecule has 1 aliphatic carbocycles. The maximum absolute atomic E-state index is 5.63. The topological polar surface area (TPSA) is 35.2 Å². The molecule has 0 aromatic heterocycles. The third-order valence-electron chi connectivity index (χ3n) is 1.32. The third kappa shape index (κ3) is 1.14. The Bertz CT molecular complexity index is 68.5. The maximum atomic E-state index is 5.63. The Hall–Kier alpha value is -0.0800. The largest absolute Gasteiger partial charge is 0.383 e. The Kier molecular flexibility index (Phi) is 1.05. The van der Waals surface area contributed by atoms with E-state index < -0.39 is 0 Å². The summed E-state index contributed by atoms with van der Waals surface area (Å²) in [5.74, 6) is 0. The molecule has 0 unspecified atom stereocenters. The van der Waals surface area contributed by atoms with Gasteiger partial charge in [0.25, 0.3) is 0 Å². The molecule has 0 aliphatic heterocycles. The van der Waals surface area contributed by atoms with Gasteiger partial charge in [-0.25, -0.2) is 0 Å². The quantitative estimate of drug-likeness (QED) is 0.536. The number of nitrogens with two attached hydrogens (primary N) is 1. The summed E-state index contributed by atoms with van der Waals surface area (Å²) in [4.78, 5) is 0. The highest BCUT2D eigenvalue weighted by atomic mass is 16.5. The zero-order valence-electron chi connectivity index (χ0n) is 4.61. The number of ether oxygens (including phenoxy) is 1. The van der Waals surface area contributed by atoms with E-state index in [0.717, 1.165) is 19.4 Å². The van der Waals surface area contributed by atoms with Crippen LogP contribution in [0.4, 0.5) is 0 Å². The Morgan fingerprint density at radius 2 is 2.29 bits per heavy atom. The number of hydrogen-bond donors (Lipinski definition) is 1. The van der Waals surface area contributed by atoms with E-state index in [1.807, 2.05) is 0 Å². The first-order valence-electron chi connectivity index (χ1n) is 2.55. The monoisotopic (exact) mass is 101 g/mol. The summed E-state index contributed by atoms with van der Waals surface area (Å²) in [6.07, 6.45) is 2.28. The molecule has 0 radical (unpaired) electrons. The van der Waals surface area contributed by atoms with Crippen LogP contribution in [0.1, 0.15) is 12.8 Å². The van der Waals surface area contributed by atoms with Gasteiger partial charge in [-0.2, -0.15) is 0 Å². The molecule has 42 valence electrons. The highest BCUT2D eigenvalue weighted by molar-refractivity contribution is 4.98. The number of methoxy groups -OCH3 is 1. The molecule has 0 atom stereocenters. The van der Waals surface area contributed by atoms with Crippen LogP contribution in [0.25, 0.3) is 0 Å². The van der Waals surface area contributed by atoms with Crippen molar-refractivity contribution in [3.8, 4) is 0 Å². The fraction of sp³-hybridized carbons (Fsp3) is 1.00. The van der Waals surface area contributed by atoms with E-state index in [0.29, 0.717) is 0 Å². The number of rotatable bonds is 2. The first-order chi connectivity index (χ1) is 3.27. The van der Waals surface area contributed by atoms with E-state index in [-0.39, 0.29) is 5.54 Å². The number of hydrogen-bond acceptors (Lipinski definition) is 2. The van der Waals surface area contributed by atoms with E-state index >= 15 is 0 Å². The van der Waals surface area contributed by atoms with E-state index in [1.54, 1.807) is 7.11 Å². The maximum Gasteiger partial charge on any atom is 0.0642 e. The van der Waals surface area contributed by atoms with Gasteiger partial charge in [0.15, 0.2) is 0 Å². The van der Waals surface area contributed by atoms with Crippen LogP contribution in [0.2, 0.25) is 0 Å². The third-order valence-corrected chi connectivity index (χ3v) is 1.32. The summed E-state index contributed by atoms with van der Waals surface area (Å²) in [6.45, 7) is 0.729. The van der Waals surface area contributed by atoms with Crippen molar-refractivity contribution in [2.75, 3.05) is 13.7 Å². The van der Waals surface area contributed by atoms with Gasteiger partial charge in [0.05, 0.1) is 6.61 Å². The molecule has 2 nitrogen and oxygen atoms in total. The summed E-state index contributed by atoms with van der Waals surface area (Å²) in [6, 6.07) is 0. The average Bonchev–Trinajstić information content (AvgIpc) is 2.22. The molecule has 0 amide bonds. The molecule has 0 bridgehead atoms. The van der Waals surface area contributed by atoms with Crippen molar-refractivity contribution < 1.29 is 4.74 Å². The van der Waals surface area contributed by atoms with Crippen molar-refractivity contribution in [3.05, 3.63) is 0 Å². The fourth-order valence-electron chi connectivity index (χ4n) is 0.592. The van der Waals surface area contributed by atoms with Gasteiger partial charge in [-0.15, -0.1) is 0 Å². The first-order valence-corrected chi connectivity index (χ1v) is 2.55. The lowest BCUT2D eigenvalue weighted by molar-refractivity contribution is 0.173. The molecule has 1 aliphatic rings. The van der Waals surface area contributed by atoms with Crippen molar-refractivity contribution in [2.45, 2.75) is 18.4 Å². The second-order valence-corrected chi connectivity index (χ2v) is 2.30. The van der Waals surface area contributed by atoms with Gasteiger partial charge < -0.3 is 10.5 Å². The zero-order chi connectivity index (χ0) is 5.33. The van der Waals surface area contributed by atoms with E-state index in [9.17, 15) is 0 Å². The molecule has 1 rings (SSSR count). The minimum absolute atomic E-state index is 0.0781. The minimum atomic E-state index is 0.0781. The van der Waals surface area contributed by atoms with Crippen LogP contribution in [0.5, 0.6) is 0 Å². The van der Waals surface area contributed by atoms with Crippen molar-refractivity contribution in [3.63, 3.8) is 0 Å². The summed E-state index contributed by atoms with van der Waals surface area (Å²) < 4.78 is 4.84. The van der Waals surface area contributed by atoms with Crippen molar-refractivity contribution >= 4 is 0 Å². The first kappa shape index (κ1) is 5.06. The molecular formula is C5H11NO. The lowest BCUT2D eigenvalue weighted by Gasteiger charge is -2.03. The standard InChI is InChI=1S/C5H11NO/c1-7-4-5(6)2-3-5/h2-4,6H2,1H3. The van der Waals surface area contributed by atoms with Crippen molar-refractivity contribution in [2.24, 2.45) is 5.73 Å². The Labute approximate surface area is 43.6 Å². The predicted molar refractivity (Wildman–Crippen MR) is 28.0 cm³/mol. The van der Waals surface area contributed by atoms with Crippen LogP contribution in [-0.4, -0.2) is 19.3 Å². The molecule has 0 heterocycles. The average molecular weight is 101 g/mol. The second kappa shape index (κ2) is 1.46. The Morgan fingerprint density at radius 1 is 1.71 bits per heavy atom. The molecule has 2 N–H and O–H groups in total. The van der Waals surface area contributed by atoms with Crippen LogP contribution >= 0.6 is 0 Å². The van der Waals surface area contributed by atoms with Crippen molar-refractivity contribution in [1.82, 2.24) is 0 Å². The van der Waals surface area contributed by atoms with E-state index in [4.69, 9.17) is 10.5 Å².